The standard InChI is InChI=1S/C14H21NO2/c1-11-5-6-12(9-13(11)17-2)10-14(16)15-7-3-4-8-15/h6,9,11H,3-5,7-8,10H2,1-2H3. The van der Waals surface area contributed by atoms with E-state index >= 15 is 0 Å². The van der Waals surface area contributed by atoms with E-state index in [1.54, 1.807) is 7.11 Å². The first-order chi connectivity index (χ1) is 8.20. The Morgan fingerprint density at radius 2 is 2.18 bits per heavy atom. The van der Waals surface area contributed by atoms with Crippen LogP contribution in [0.25, 0.3) is 0 Å². The molecule has 0 aromatic carbocycles. The Labute approximate surface area is 103 Å². The van der Waals surface area contributed by atoms with Gasteiger partial charge in [-0.15, -0.1) is 0 Å². The molecule has 1 fully saturated rings. The maximum atomic E-state index is 12.0. The SMILES string of the molecule is COC1=CC(CC(=O)N2CCCC2)=CCC1C. The highest BCUT2D eigenvalue weighted by Crippen LogP contribution is 2.26. The van der Waals surface area contributed by atoms with Gasteiger partial charge in [-0.05, 0) is 30.9 Å². The zero-order valence-corrected chi connectivity index (χ0v) is 10.7. The molecule has 2 rings (SSSR count). The number of allylic oxidation sites excluding steroid dienone is 3. The fraction of sp³-hybridized carbons (Fsp3) is 0.643. The van der Waals surface area contributed by atoms with Gasteiger partial charge in [0.25, 0.3) is 0 Å². The average Bonchev–Trinajstić information content (AvgIpc) is 2.85. The van der Waals surface area contributed by atoms with Crippen LogP contribution in [0.2, 0.25) is 0 Å². The van der Waals surface area contributed by atoms with E-state index in [1.807, 2.05) is 11.0 Å². The van der Waals surface area contributed by atoms with E-state index in [4.69, 9.17) is 4.74 Å². The molecule has 3 heteroatoms. The molecule has 2 aliphatic rings. The highest BCUT2D eigenvalue weighted by atomic mass is 16.5. The summed E-state index contributed by atoms with van der Waals surface area (Å²) in [6, 6.07) is 0. The van der Waals surface area contributed by atoms with Crippen molar-refractivity contribution in [1.29, 1.82) is 0 Å². The molecule has 0 bridgehead atoms. The van der Waals surface area contributed by atoms with Gasteiger partial charge < -0.3 is 9.64 Å². The van der Waals surface area contributed by atoms with Crippen LogP contribution in [0.15, 0.2) is 23.5 Å². The summed E-state index contributed by atoms with van der Waals surface area (Å²) in [5, 5.41) is 0. The smallest absolute Gasteiger partial charge is 0.226 e. The molecule has 1 unspecified atom stereocenters. The van der Waals surface area contributed by atoms with E-state index in [1.165, 1.54) is 0 Å². The lowest BCUT2D eigenvalue weighted by Crippen LogP contribution is -2.27. The van der Waals surface area contributed by atoms with Crippen molar-refractivity contribution in [3.8, 4) is 0 Å². The van der Waals surface area contributed by atoms with Gasteiger partial charge in [-0.2, -0.15) is 0 Å². The van der Waals surface area contributed by atoms with Gasteiger partial charge in [0.2, 0.25) is 5.91 Å². The molecule has 1 aliphatic heterocycles. The number of hydrogen-bond donors (Lipinski definition) is 0. The van der Waals surface area contributed by atoms with Gasteiger partial charge in [0.15, 0.2) is 0 Å². The summed E-state index contributed by atoms with van der Waals surface area (Å²) in [5.74, 6) is 1.69. The average molecular weight is 235 g/mol. The molecule has 0 spiro atoms. The van der Waals surface area contributed by atoms with Crippen LogP contribution in [0.5, 0.6) is 0 Å². The number of carbonyl (C=O) groups is 1. The van der Waals surface area contributed by atoms with Crippen LogP contribution in [0.3, 0.4) is 0 Å². The van der Waals surface area contributed by atoms with Crippen LogP contribution in [-0.4, -0.2) is 31.0 Å². The van der Waals surface area contributed by atoms with Gasteiger partial charge in [-0.3, -0.25) is 4.79 Å². The summed E-state index contributed by atoms with van der Waals surface area (Å²) >= 11 is 0. The molecular weight excluding hydrogens is 214 g/mol. The molecule has 0 radical (unpaired) electrons. The predicted octanol–water partition coefficient (Wildman–Crippen LogP) is 2.50. The van der Waals surface area contributed by atoms with Crippen molar-refractivity contribution < 1.29 is 9.53 Å². The molecule has 0 aromatic rings. The molecule has 0 saturated carbocycles. The van der Waals surface area contributed by atoms with Gasteiger partial charge in [-0.1, -0.05) is 13.0 Å². The van der Waals surface area contributed by atoms with Gasteiger partial charge in [0.05, 0.1) is 19.3 Å². The van der Waals surface area contributed by atoms with Crippen molar-refractivity contribution in [3.63, 3.8) is 0 Å². The van der Waals surface area contributed by atoms with Crippen LogP contribution in [0.1, 0.15) is 32.6 Å². The zero-order chi connectivity index (χ0) is 12.3. The first-order valence-electron chi connectivity index (χ1n) is 6.43. The third-order valence-corrected chi connectivity index (χ3v) is 3.60. The topological polar surface area (TPSA) is 29.5 Å². The molecule has 0 aromatic heterocycles. The van der Waals surface area contributed by atoms with Crippen molar-refractivity contribution >= 4 is 5.91 Å². The van der Waals surface area contributed by atoms with Crippen molar-refractivity contribution in [2.45, 2.75) is 32.6 Å². The Kier molecular flexibility index (Phi) is 3.87. The summed E-state index contributed by atoms with van der Waals surface area (Å²) in [5.41, 5.74) is 1.11. The highest BCUT2D eigenvalue weighted by Gasteiger charge is 2.20. The van der Waals surface area contributed by atoms with Crippen molar-refractivity contribution in [1.82, 2.24) is 4.90 Å². The lowest BCUT2D eigenvalue weighted by Gasteiger charge is -2.21. The Hall–Kier alpha value is -1.25. The third kappa shape index (κ3) is 2.90. The van der Waals surface area contributed by atoms with E-state index in [0.717, 1.165) is 43.7 Å². The van der Waals surface area contributed by atoms with Gasteiger partial charge in [-0.25, -0.2) is 0 Å². The molecule has 1 heterocycles. The number of likely N-dealkylation sites (tertiary alicyclic amines) is 1. The molecule has 1 amide bonds. The van der Waals surface area contributed by atoms with E-state index in [9.17, 15) is 4.79 Å². The maximum Gasteiger partial charge on any atom is 0.226 e. The van der Waals surface area contributed by atoms with Crippen molar-refractivity contribution in [2.75, 3.05) is 20.2 Å². The van der Waals surface area contributed by atoms with Gasteiger partial charge in [0, 0.05) is 19.0 Å². The maximum absolute atomic E-state index is 12.0. The number of ether oxygens (including phenoxy) is 1. The molecule has 0 N–H and O–H groups in total. The van der Waals surface area contributed by atoms with Crippen LogP contribution in [0, 0.1) is 5.92 Å². The minimum Gasteiger partial charge on any atom is -0.501 e. The van der Waals surface area contributed by atoms with Crippen molar-refractivity contribution in [2.24, 2.45) is 5.92 Å². The number of methoxy groups -OCH3 is 1. The number of carbonyl (C=O) groups excluding carboxylic acids is 1. The molecule has 3 nitrogen and oxygen atoms in total. The summed E-state index contributed by atoms with van der Waals surface area (Å²) in [6.07, 6.45) is 8.01. The van der Waals surface area contributed by atoms with Gasteiger partial charge >= 0.3 is 0 Å². The Bertz CT molecular complexity index is 351. The lowest BCUT2D eigenvalue weighted by molar-refractivity contribution is -0.129. The van der Waals surface area contributed by atoms with Crippen LogP contribution in [0.4, 0.5) is 0 Å². The molecule has 1 aliphatic carbocycles. The van der Waals surface area contributed by atoms with E-state index in [-0.39, 0.29) is 5.91 Å². The fourth-order valence-corrected chi connectivity index (χ4v) is 2.46. The predicted molar refractivity (Wildman–Crippen MR) is 67.4 cm³/mol. The lowest BCUT2D eigenvalue weighted by atomic mass is 9.94. The highest BCUT2D eigenvalue weighted by molar-refractivity contribution is 5.79. The van der Waals surface area contributed by atoms with E-state index in [0.29, 0.717) is 12.3 Å². The summed E-state index contributed by atoms with van der Waals surface area (Å²) < 4.78 is 5.34. The number of nitrogens with zero attached hydrogens (tertiary/aromatic N) is 1. The summed E-state index contributed by atoms with van der Waals surface area (Å²) in [6.45, 7) is 4.01. The fourth-order valence-electron chi connectivity index (χ4n) is 2.46. The Morgan fingerprint density at radius 3 is 2.82 bits per heavy atom. The summed E-state index contributed by atoms with van der Waals surface area (Å²) in [7, 11) is 1.70. The van der Waals surface area contributed by atoms with Crippen LogP contribution >= 0.6 is 0 Å². The molecular formula is C14H21NO2. The number of amides is 1. The summed E-state index contributed by atoms with van der Waals surface area (Å²) in [4.78, 5) is 14.0. The second kappa shape index (κ2) is 5.39. The monoisotopic (exact) mass is 235 g/mol. The van der Waals surface area contributed by atoms with E-state index in [2.05, 4.69) is 13.0 Å². The van der Waals surface area contributed by atoms with E-state index < -0.39 is 0 Å². The van der Waals surface area contributed by atoms with Crippen molar-refractivity contribution in [3.05, 3.63) is 23.5 Å². The minimum absolute atomic E-state index is 0.259. The third-order valence-electron chi connectivity index (χ3n) is 3.60. The quantitative estimate of drug-likeness (QED) is 0.752. The first kappa shape index (κ1) is 12.2. The zero-order valence-electron chi connectivity index (χ0n) is 10.7. The molecule has 1 atom stereocenters. The molecule has 1 saturated heterocycles. The minimum atomic E-state index is 0.259. The molecule has 17 heavy (non-hydrogen) atoms. The Balaban J connectivity index is 1.95. The Morgan fingerprint density at radius 1 is 1.47 bits per heavy atom. The van der Waals surface area contributed by atoms with Crippen LogP contribution < -0.4 is 0 Å². The van der Waals surface area contributed by atoms with Gasteiger partial charge in [0.1, 0.15) is 0 Å². The second-order valence-corrected chi connectivity index (χ2v) is 4.93. The second-order valence-electron chi connectivity index (χ2n) is 4.93. The molecule has 94 valence electrons. The number of hydrogen-bond acceptors (Lipinski definition) is 2. The number of rotatable bonds is 3. The normalized spacial score (nSPS) is 24.4. The van der Waals surface area contributed by atoms with Crippen LogP contribution in [-0.2, 0) is 9.53 Å². The first-order valence-corrected chi connectivity index (χ1v) is 6.43. The largest absolute Gasteiger partial charge is 0.501 e.